The molecule has 90 valence electrons. The third-order valence-corrected chi connectivity index (χ3v) is 2.49. The average molecular weight is 225 g/mol. The summed E-state index contributed by atoms with van der Waals surface area (Å²) in [7, 11) is 0. The Kier molecular flexibility index (Phi) is 3.70. The molecular formula is C11H19N3O2. The summed E-state index contributed by atoms with van der Waals surface area (Å²) in [5.41, 5.74) is 7.79. The lowest BCUT2D eigenvalue weighted by Gasteiger charge is -2.21. The van der Waals surface area contributed by atoms with E-state index < -0.39 is 5.97 Å². The van der Waals surface area contributed by atoms with Gasteiger partial charge in [-0.25, -0.2) is 0 Å². The van der Waals surface area contributed by atoms with E-state index in [1.165, 1.54) is 0 Å². The Balaban J connectivity index is 2.80. The Morgan fingerprint density at radius 2 is 2.25 bits per heavy atom. The fourth-order valence-corrected chi connectivity index (χ4v) is 1.61. The maximum Gasteiger partial charge on any atom is 0.303 e. The molecule has 4 N–H and O–H groups in total. The molecule has 0 saturated heterocycles. The number of hydrogen-bond acceptors (Lipinski definition) is 3. The second kappa shape index (κ2) is 4.65. The first-order valence-electron chi connectivity index (χ1n) is 5.33. The quantitative estimate of drug-likeness (QED) is 0.725. The van der Waals surface area contributed by atoms with Gasteiger partial charge in [-0.05, 0) is 6.42 Å². The molecular weight excluding hydrogens is 206 g/mol. The zero-order valence-corrected chi connectivity index (χ0v) is 9.95. The van der Waals surface area contributed by atoms with Crippen LogP contribution in [-0.4, -0.2) is 21.3 Å². The monoisotopic (exact) mass is 225 g/mol. The van der Waals surface area contributed by atoms with Crippen molar-refractivity contribution in [3.63, 3.8) is 0 Å². The second-order valence-corrected chi connectivity index (χ2v) is 4.99. The van der Waals surface area contributed by atoms with Crippen molar-refractivity contribution in [1.29, 1.82) is 0 Å². The van der Waals surface area contributed by atoms with Gasteiger partial charge < -0.3 is 10.8 Å². The molecule has 0 aliphatic carbocycles. The van der Waals surface area contributed by atoms with Crippen LogP contribution in [0.5, 0.6) is 0 Å². The summed E-state index contributed by atoms with van der Waals surface area (Å²) in [6, 6.07) is -0.274. The van der Waals surface area contributed by atoms with Crippen molar-refractivity contribution in [2.24, 2.45) is 5.73 Å². The summed E-state index contributed by atoms with van der Waals surface area (Å²) >= 11 is 0. The Labute approximate surface area is 95.0 Å². The molecule has 0 amide bonds. The number of aromatic amines is 1. The van der Waals surface area contributed by atoms with Gasteiger partial charge in [0, 0.05) is 29.1 Å². The number of nitrogens with one attached hydrogen (secondary N) is 1. The van der Waals surface area contributed by atoms with Crippen LogP contribution in [0, 0.1) is 0 Å². The summed E-state index contributed by atoms with van der Waals surface area (Å²) in [4.78, 5) is 10.5. The van der Waals surface area contributed by atoms with Crippen molar-refractivity contribution in [3.8, 4) is 0 Å². The Morgan fingerprint density at radius 3 is 2.75 bits per heavy atom. The van der Waals surface area contributed by atoms with Gasteiger partial charge in [0.15, 0.2) is 0 Å². The molecule has 16 heavy (non-hydrogen) atoms. The van der Waals surface area contributed by atoms with Gasteiger partial charge in [0.2, 0.25) is 0 Å². The SMILES string of the molecule is CC(C)(C)c1[nH]ncc1C(N)CCC(=O)O. The Bertz CT molecular complexity index is 366. The van der Waals surface area contributed by atoms with Gasteiger partial charge in [0.05, 0.1) is 6.20 Å². The van der Waals surface area contributed by atoms with Crippen LogP contribution in [0.2, 0.25) is 0 Å². The van der Waals surface area contributed by atoms with Crippen molar-refractivity contribution < 1.29 is 9.90 Å². The molecule has 0 spiro atoms. The van der Waals surface area contributed by atoms with Crippen LogP contribution in [0.3, 0.4) is 0 Å². The van der Waals surface area contributed by atoms with E-state index in [1.807, 2.05) is 0 Å². The van der Waals surface area contributed by atoms with Crippen molar-refractivity contribution in [3.05, 3.63) is 17.5 Å². The molecule has 0 fully saturated rings. The molecule has 0 radical (unpaired) electrons. The third kappa shape index (κ3) is 3.06. The van der Waals surface area contributed by atoms with Crippen molar-refractivity contribution in [2.75, 3.05) is 0 Å². The number of H-pyrrole nitrogens is 1. The fourth-order valence-electron chi connectivity index (χ4n) is 1.61. The highest BCUT2D eigenvalue weighted by molar-refractivity contribution is 5.66. The minimum Gasteiger partial charge on any atom is -0.481 e. The van der Waals surface area contributed by atoms with Crippen LogP contribution in [-0.2, 0) is 10.2 Å². The molecule has 1 aromatic rings. The number of aromatic nitrogens is 2. The smallest absolute Gasteiger partial charge is 0.303 e. The molecule has 1 rings (SSSR count). The summed E-state index contributed by atoms with van der Waals surface area (Å²) in [6.45, 7) is 6.19. The number of rotatable bonds is 4. The highest BCUT2D eigenvalue weighted by atomic mass is 16.4. The molecule has 1 aromatic heterocycles. The Hall–Kier alpha value is -1.36. The lowest BCUT2D eigenvalue weighted by molar-refractivity contribution is -0.137. The standard InChI is InChI=1S/C11H19N3O2/c1-11(2,3)10-7(6-13-14-10)8(12)4-5-9(15)16/h6,8H,4-5,12H2,1-3H3,(H,13,14)(H,15,16). The molecule has 0 aromatic carbocycles. The van der Waals surface area contributed by atoms with Crippen LogP contribution >= 0.6 is 0 Å². The Morgan fingerprint density at radius 1 is 1.62 bits per heavy atom. The molecule has 1 heterocycles. The molecule has 5 heteroatoms. The van der Waals surface area contributed by atoms with Gasteiger partial charge >= 0.3 is 5.97 Å². The minimum atomic E-state index is -0.823. The van der Waals surface area contributed by atoms with Gasteiger partial charge in [-0.2, -0.15) is 5.10 Å². The fraction of sp³-hybridized carbons (Fsp3) is 0.636. The van der Waals surface area contributed by atoms with Crippen molar-refractivity contribution in [2.45, 2.75) is 45.1 Å². The molecule has 5 nitrogen and oxygen atoms in total. The van der Waals surface area contributed by atoms with E-state index in [0.717, 1.165) is 11.3 Å². The molecule has 1 unspecified atom stereocenters. The number of nitrogens with zero attached hydrogens (tertiary/aromatic N) is 1. The molecule has 0 aliphatic rings. The largest absolute Gasteiger partial charge is 0.481 e. The first-order chi connectivity index (χ1) is 7.32. The van der Waals surface area contributed by atoms with Gasteiger partial charge in [-0.1, -0.05) is 20.8 Å². The first kappa shape index (κ1) is 12.7. The van der Waals surface area contributed by atoms with E-state index in [4.69, 9.17) is 10.8 Å². The average Bonchev–Trinajstić information content (AvgIpc) is 2.61. The topological polar surface area (TPSA) is 92.0 Å². The summed E-state index contributed by atoms with van der Waals surface area (Å²) in [5, 5.41) is 15.5. The van der Waals surface area contributed by atoms with Crippen LogP contribution in [0.4, 0.5) is 0 Å². The van der Waals surface area contributed by atoms with Gasteiger partial charge in [0.25, 0.3) is 0 Å². The van der Waals surface area contributed by atoms with Crippen molar-refractivity contribution in [1.82, 2.24) is 10.2 Å². The highest BCUT2D eigenvalue weighted by Crippen LogP contribution is 2.28. The maximum atomic E-state index is 10.5. The van der Waals surface area contributed by atoms with Gasteiger partial charge in [-0.3, -0.25) is 9.89 Å². The maximum absolute atomic E-state index is 10.5. The van der Waals surface area contributed by atoms with E-state index >= 15 is 0 Å². The van der Waals surface area contributed by atoms with Crippen LogP contribution in [0.25, 0.3) is 0 Å². The number of hydrogen-bond donors (Lipinski definition) is 3. The van der Waals surface area contributed by atoms with E-state index in [9.17, 15) is 4.79 Å². The van der Waals surface area contributed by atoms with Crippen LogP contribution in [0.1, 0.15) is 50.9 Å². The number of carbonyl (C=O) groups is 1. The van der Waals surface area contributed by atoms with E-state index in [0.29, 0.717) is 6.42 Å². The number of carboxylic acid groups (broad SMARTS) is 1. The first-order valence-corrected chi connectivity index (χ1v) is 5.33. The molecule has 0 bridgehead atoms. The number of carboxylic acids is 1. The van der Waals surface area contributed by atoms with Crippen LogP contribution < -0.4 is 5.73 Å². The predicted molar refractivity (Wildman–Crippen MR) is 61.1 cm³/mol. The number of aliphatic carboxylic acids is 1. The number of nitrogens with two attached hydrogens (primary N) is 1. The summed E-state index contributed by atoms with van der Waals surface area (Å²) in [5.74, 6) is -0.823. The molecule has 1 atom stereocenters. The van der Waals surface area contributed by atoms with E-state index in [1.54, 1.807) is 6.20 Å². The van der Waals surface area contributed by atoms with Gasteiger partial charge in [-0.15, -0.1) is 0 Å². The minimum absolute atomic E-state index is 0.0628. The normalized spacial score (nSPS) is 13.8. The van der Waals surface area contributed by atoms with Crippen LogP contribution in [0.15, 0.2) is 6.20 Å². The molecule has 0 aliphatic heterocycles. The lowest BCUT2D eigenvalue weighted by Crippen LogP contribution is -2.20. The highest BCUT2D eigenvalue weighted by Gasteiger charge is 2.23. The predicted octanol–water partition coefficient (Wildman–Crippen LogP) is 1.57. The second-order valence-electron chi connectivity index (χ2n) is 4.99. The third-order valence-electron chi connectivity index (χ3n) is 2.49. The summed E-state index contributed by atoms with van der Waals surface area (Å²) < 4.78 is 0. The zero-order chi connectivity index (χ0) is 12.3. The van der Waals surface area contributed by atoms with Crippen molar-refractivity contribution >= 4 is 5.97 Å². The van der Waals surface area contributed by atoms with Gasteiger partial charge in [0.1, 0.15) is 0 Å². The summed E-state index contributed by atoms with van der Waals surface area (Å²) in [6.07, 6.45) is 2.20. The zero-order valence-electron chi connectivity index (χ0n) is 9.95. The van der Waals surface area contributed by atoms with E-state index in [2.05, 4.69) is 31.0 Å². The molecule has 0 saturated carbocycles. The lowest BCUT2D eigenvalue weighted by atomic mass is 9.87. The van der Waals surface area contributed by atoms with E-state index in [-0.39, 0.29) is 17.9 Å².